The van der Waals surface area contributed by atoms with Gasteiger partial charge in [0.2, 0.25) is 0 Å². The minimum Gasteiger partial charge on any atom is -0.490 e. The second-order valence-corrected chi connectivity index (χ2v) is 3.76. The minimum atomic E-state index is -0.265. The molecular weight excluding hydrogens is 214 g/mol. The molecule has 4 heteroatoms. The third kappa shape index (κ3) is 2.71. The molecule has 0 fully saturated rings. The van der Waals surface area contributed by atoms with E-state index in [1.165, 1.54) is 0 Å². The van der Waals surface area contributed by atoms with Gasteiger partial charge in [0.05, 0.1) is 18.5 Å². The number of aromatic nitrogens is 1. The van der Waals surface area contributed by atoms with Crippen molar-refractivity contribution in [1.29, 1.82) is 5.26 Å². The Morgan fingerprint density at radius 1 is 1.35 bits per heavy atom. The molecule has 1 atom stereocenters. The van der Waals surface area contributed by atoms with Gasteiger partial charge in [0.25, 0.3) is 0 Å². The first-order valence-electron chi connectivity index (χ1n) is 5.40. The van der Waals surface area contributed by atoms with Gasteiger partial charge in [-0.15, -0.1) is 0 Å². The molecule has 2 aromatic rings. The van der Waals surface area contributed by atoms with Gasteiger partial charge in [0.15, 0.2) is 0 Å². The van der Waals surface area contributed by atoms with Crippen molar-refractivity contribution in [2.75, 3.05) is 6.61 Å². The Morgan fingerprint density at radius 3 is 3.00 bits per heavy atom. The van der Waals surface area contributed by atoms with Gasteiger partial charge in [0.1, 0.15) is 17.9 Å². The fourth-order valence-electron chi connectivity index (χ4n) is 1.57. The summed E-state index contributed by atoms with van der Waals surface area (Å²) in [6.45, 7) is 0.323. The molecule has 2 N–H and O–H groups in total. The predicted octanol–water partition coefficient (Wildman–Crippen LogP) is 1.85. The summed E-state index contributed by atoms with van der Waals surface area (Å²) in [6, 6.07) is 11.4. The highest BCUT2D eigenvalue weighted by molar-refractivity contribution is 5.84. The lowest BCUT2D eigenvalue weighted by Crippen LogP contribution is -2.27. The summed E-state index contributed by atoms with van der Waals surface area (Å²) < 4.78 is 5.60. The normalized spacial score (nSPS) is 12.0. The van der Waals surface area contributed by atoms with E-state index in [0.717, 1.165) is 10.9 Å². The fraction of sp³-hybridized carbons (Fsp3) is 0.231. The molecule has 4 nitrogen and oxygen atoms in total. The number of rotatable bonds is 4. The molecule has 0 aliphatic carbocycles. The maximum absolute atomic E-state index is 8.51. The summed E-state index contributed by atoms with van der Waals surface area (Å²) in [5.41, 5.74) is 6.53. The third-order valence-electron chi connectivity index (χ3n) is 2.40. The summed E-state index contributed by atoms with van der Waals surface area (Å²) in [5.74, 6) is 0.705. The number of nitrogens with two attached hydrogens (primary N) is 1. The molecule has 1 heterocycles. The van der Waals surface area contributed by atoms with Crippen LogP contribution >= 0.6 is 0 Å². The molecule has 1 unspecified atom stereocenters. The lowest BCUT2D eigenvalue weighted by molar-refractivity contribution is 0.292. The molecule has 0 saturated heterocycles. The van der Waals surface area contributed by atoms with E-state index in [1.54, 1.807) is 6.20 Å². The lowest BCUT2D eigenvalue weighted by Gasteiger charge is -2.11. The van der Waals surface area contributed by atoms with Crippen LogP contribution in [0.25, 0.3) is 10.9 Å². The van der Waals surface area contributed by atoms with Gasteiger partial charge < -0.3 is 10.5 Å². The molecule has 0 radical (unpaired) electrons. The Morgan fingerprint density at radius 2 is 2.18 bits per heavy atom. The molecule has 1 aromatic heterocycles. The van der Waals surface area contributed by atoms with Crippen LogP contribution in [0.5, 0.6) is 5.75 Å². The van der Waals surface area contributed by atoms with Gasteiger partial charge in [0, 0.05) is 11.6 Å². The second kappa shape index (κ2) is 5.28. The molecule has 0 spiro atoms. The van der Waals surface area contributed by atoms with Gasteiger partial charge in [-0.05, 0) is 12.1 Å². The number of ether oxygens (including phenoxy) is 1. The zero-order valence-electron chi connectivity index (χ0n) is 9.34. The summed E-state index contributed by atoms with van der Waals surface area (Å²) in [6.07, 6.45) is 2.02. The van der Waals surface area contributed by atoms with Crippen LogP contribution in [0.4, 0.5) is 0 Å². The Hall–Kier alpha value is -2.12. The first-order valence-corrected chi connectivity index (χ1v) is 5.40. The van der Waals surface area contributed by atoms with Crippen LogP contribution in [0.3, 0.4) is 0 Å². The van der Waals surface area contributed by atoms with Gasteiger partial charge >= 0.3 is 0 Å². The second-order valence-electron chi connectivity index (χ2n) is 3.76. The van der Waals surface area contributed by atoms with Crippen molar-refractivity contribution < 1.29 is 4.74 Å². The number of fused-ring (bicyclic) bond motifs is 1. The standard InChI is InChI=1S/C13H13N3O/c14-7-6-11(15)9-17-12-5-1-3-10-4-2-8-16-13(10)12/h1-5,8,11H,6,9,15H2. The van der Waals surface area contributed by atoms with Crippen molar-refractivity contribution in [3.8, 4) is 11.8 Å². The van der Waals surface area contributed by atoms with E-state index in [1.807, 2.05) is 36.4 Å². The van der Waals surface area contributed by atoms with E-state index < -0.39 is 0 Å². The molecular formula is C13H13N3O. The van der Waals surface area contributed by atoms with Crippen molar-refractivity contribution >= 4 is 10.9 Å². The van der Waals surface area contributed by atoms with E-state index in [-0.39, 0.29) is 12.5 Å². The molecule has 86 valence electrons. The number of hydrogen-bond acceptors (Lipinski definition) is 4. The number of pyridine rings is 1. The van der Waals surface area contributed by atoms with Crippen LogP contribution in [0, 0.1) is 11.3 Å². The average Bonchev–Trinajstić information content (AvgIpc) is 2.36. The van der Waals surface area contributed by atoms with Crippen LogP contribution in [0.15, 0.2) is 36.5 Å². The quantitative estimate of drug-likeness (QED) is 0.865. The van der Waals surface area contributed by atoms with Gasteiger partial charge in [-0.25, -0.2) is 0 Å². The number of benzene rings is 1. The topological polar surface area (TPSA) is 71.9 Å². The highest BCUT2D eigenvalue weighted by Gasteiger charge is 2.06. The van der Waals surface area contributed by atoms with Crippen molar-refractivity contribution in [1.82, 2.24) is 4.98 Å². The van der Waals surface area contributed by atoms with Gasteiger partial charge in [-0.3, -0.25) is 4.98 Å². The third-order valence-corrected chi connectivity index (χ3v) is 2.40. The van der Waals surface area contributed by atoms with Crippen molar-refractivity contribution in [2.24, 2.45) is 5.73 Å². The van der Waals surface area contributed by atoms with Crippen LogP contribution in [-0.2, 0) is 0 Å². The molecule has 0 aliphatic heterocycles. The van der Waals surface area contributed by atoms with Crippen LogP contribution in [0.1, 0.15) is 6.42 Å². The summed E-state index contributed by atoms with van der Waals surface area (Å²) in [4.78, 5) is 4.27. The number of nitrogens with zero attached hydrogens (tertiary/aromatic N) is 2. The van der Waals surface area contributed by atoms with E-state index in [4.69, 9.17) is 15.7 Å². The van der Waals surface area contributed by atoms with Crippen molar-refractivity contribution in [3.05, 3.63) is 36.5 Å². The Bertz CT molecular complexity index is 542. The number of nitriles is 1. The highest BCUT2D eigenvalue weighted by atomic mass is 16.5. The molecule has 2 rings (SSSR count). The smallest absolute Gasteiger partial charge is 0.145 e. The van der Waals surface area contributed by atoms with E-state index in [2.05, 4.69) is 4.98 Å². The largest absolute Gasteiger partial charge is 0.490 e. The molecule has 0 amide bonds. The summed E-state index contributed by atoms with van der Waals surface area (Å²) in [5, 5.41) is 9.53. The highest BCUT2D eigenvalue weighted by Crippen LogP contribution is 2.22. The van der Waals surface area contributed by atoms with Gasteiger partial charge in [-0.1, -0.05) is 18.2 Å². The Kier molecular flexibility index (Phi) is 3.53. The first-order chi connectivity index (χ1) is 8.31. The predicted molar refractivity (Wildman–Crippen MR) is 65.4 cm³/mol. The lowest BCUT2D eigenvalue weighted by atomic mass is 10.2. The molecule has 0 aliphatic rings. The zero-order valence-corrected chi connectivity index (χ0v) is 9.34. The summed E-state index contributed by atoms with van der Waals surface area (Å²) >= 11 is 0. The number of hydrogen-bond donors (Lipinski definition) is 1. The van der Waals surface area contributed by atoms with E-state index >= 15 is 0 Å². The molecule has 1 aromatic carbocycles. The Labute approximate surface area is 99.6 Å². The maximum atomic E-state index is 8.51. The van der Waals surface area contributed by atoms with E-state index in [0.29, 0.717) is 12.4 Å². The minimum absolute atomic E-state index is 0.265. The SMILES string of the molecule is N#CCC(N)COc1cccc2cccnc12. The first kappa shape index (κ1) is 11.4. The van der Waals surface area contributed by atoms with Crippen molar-refractivity contribution in [2.45, 2.75) is 12.5 Å². The molecule has 0 saturated carbocycles. The maximum Gasteiger partial charge on any atom is 0.145 e. The van der Waals surface area contributed by atoms with E-state index in [9.17, 15) is 0 Å². The fourth-order valence-corrected chi connectivity index (χ4v) is 1.57. The Balaban J connectivity index is 2.16. The summed E-state index contributed by atoms with van der Waals surface area (Å²) in [7, 11) is 0. The number of para-hydroxylation sites is 1. The molecule has 0 bridgehead atoms. The van der Waals surface area contributed by atoms with Crippen LogP contribution in [0.2, 0.25) is 0 Å². The van der Waals surface area contributed by atoms with Crippen LogP contribution < -0.4 is 10.5 Å². The zero-order chi connectivity index (χ0) is 12.1. The molecule has 17 heavy (non-hydrogen) atoms. The van der Waals surface area contributed by atoms with Crippen molar-refractivity contribution in [3.63, 3.8) is 0 Å². The monoisotopic (exact) mass is 227 g/mol. The van der Waals surface area contributed by atoms with Crippen LogP contribution in [-0.4, -0.2) is 17.6 Å². The van der Waals surface area contributed by atoms with Gasteiger partial charge in [-0.2, -0.15) is 5.26 Å². The average molecular weight is 227 g/mol.